The van der Waals surface area contributed by atoms with Crippen LogP contribution >= 0.6 is 0 Å². The van der Waals surface area contributed by atoms with Crippen molar-refractivity contribution in [3.05, 3.63) is 29.8 Å². The third-order valence-corrected chi connectivity index (χ3v) is 3.64. The molecule has 0 saturated carbocycles. The monoisotopic (exact) mass is 298 g/mol. The lowest BCUT2D eigenvalue weighted by molar-refractivity contribution is -0.130. The molecule has 1 aromatic carbocycles. The van der Waals surface area contributed by atoms with Gasteiger partial charge in [-0.3, -0.25) is 10.1 Å². The first-order chi connectivity index (χ1) is 9.95. The van der Waals surface area contributed by atoms with Gasteiger partial charge in [0.2, 0.25) is 5.91 Å². The molecule has 1 heterocycles. The predicted molar refractivity (Wildman–Crippen MR) is 75.0 cm³/mol. The Balaban J connectivity index is 2.34. The van der Waals surface area contributed by atoms with E-state index in [9.17, 15) is 13.6 Å². The van der Waals surface area contributed by atoms with Crippen LogP contribution in [0.1, 0.15) is 32.5 Å². The molecule has 0 radical (unpaired) electrons. The highest BCUT2D eigenvalue weighted by atomic mass is 19.3. The minimum Gasteiger partial charge on any atom is -0.434 e. The number of halogens is 2. The van der Waals surface area contributed by atoms with Crippen LogP contribution in [0.2, 0.25) is 0 Å². The first kappa shape index (κ1) is 15.7. The third-order valence-electron chi connectivity index (χ3n) is 3.64. The zero-order valence-electron chi connectivity index (χ0n) is 12.3. The van der Waals surface area contributed by atoms with Gasteiger partial charge < -0.3 is 9.64 Å². The quantitative estimate of drug-likeness (QED) is 0.909. The summed E-state index contributed by atoms with van der Waals surface area (Å²) in [5.74, 6) is 0.213. The Labute approximate surface area is 123 Å². The second-order valence-corrected chi connectivity index (χ2v) is 5.33. The highest BCUT2D eigenvalue weighted by Crippen LogP contribution is 2.33. The maximum atomic E-state index is 12.5. The number of likely N-dealkylation sites (N-methyl/N-ethyl adjacent to an activating group) is 1. The molecule has 1 aliphatic rings. The topological polar surface area (TPSA) is 41.6 Å². The van der Waals surface area contributed by atoms with E-state index in [1.165, 1.54) is 6.07 Å². The Hall–Kier alpha value is -1.69. The van der Waals surface area contributed by atoms with Gasteiger partial charge in [-0.05, 0) is 18.9 Å². The summed E-state index contributed by atoms with van der Waals surface area (Å²) < 4.78 is 29.6. The van der Waals surface area contributed by atoms with Gasteiger partial charge >= 0.3 is 6.61 Å². The molecular weight excluding hydrogens is 278 g/mol. The van der Waals surface area contributed by atoms with Crippen molar-refractivity contribution < 1.29 is 18.3 Å². The first-order valence-electron chi connectivity index (χ1n) is 7.06. The number of rotatable bonds is 5. The van der Waals surface area contributed by atoms with E-state index in [2.05, 4.69) is 10.1 Å². The van der Waals surface area contributed by atoms with Crippen LogP contribution in [0.25, 0.3) is 0 Å². The van der Waals surface area contributed by atoms with E-state index < -0.39 is 12.8 Å². The van der Waals surface area contributed by atoms with Gasteiger partial charge in [0.05, 0.1) is 6.04 Å². The summed E-state index contributed by atoms with van der Waals surface area (Å²) >= 11 is 0. The van der Waals surface area contributed by atoms with Crippen molar-refractivity contribution in [1.29, 1.82) is 0 Å². The van der Waals surface area contributed by atoms with Gasteiger partial charge in [-0.1, -0.05) is 32.0 Å². The van der Waals surface area contributed by atoms with Crippen LogP contribution in [0.15, 0.2) is 24.3 Å². The molecule has 2 unspecified atom stereocenters. The average Bonchev–Trinajstić information content (AvgIpc) is 2.75. The molecule has 1 saturated heterocycles. The van der Waals surface area contributed by atoms with E-state index in [-0.39, 0.29) is 23.6 Å². The summed E-state index contributed by atoms with van der Waals surface area (Å²) in [4.78, 5) is 14.0. The lowest BCUT2D eigenvalue weighted by Crippen LogP contribution is -2.34. The molecule has 1 amide bonds. The van der Waals surface area contributed by atoms with Gasteiger partial charge in [-0.15, -0.1) is 0 Å². The number of carbonyl (C=O) groups excluding carboxylic acids is 1. The highest BCUT2D eigenvalue weighted by Gasteiger charge is 2.41. The Morgan fingerprint density at radius 2 is 2.00 bits per heavy atom. The summed E-state index contributed by atoms with van der Waals surface area (Å²) in [6.07, 6.45) is -0.440. The fourth-order valence-corrected chi connectivity index (χ4v) is 2.62. The van der Waals surface area contributed by atoms with E-state index in [4.69, 9.17) is 0 Å². The molecule has 0 aromatic heterocycles. The van der Waals surface area contributed by atoms with Gasteiger partial charge in [0.15, 0.2) is 0 Å². The van der Waals surface area contributed by atoms with E-state index in [0.29, 0.717) is 12.1 Å². The number of ether oxygens (including phenoxy) is 1. The number of nitrogens with one attached hydrogen (secondary N) is 1. The molecule has 2 atom stereocenters. The van der Waals surface area contributed by atoms with Crippen molar-refractivity contribution >= 4 is 5.91 Å². The van der Waals surface area contributed by atoms with Crippen molar-refractivity contribution in [2.45, 2.75) is 39.6 Å². The summed E-state index contributed by atoms with van der Waals surface area (Å²) in [7, 11) is 0. The van der Waals surface area contributed by atoms with Gasteiger partial charge in [-0.2, -0.15) is 8.78 Å². The zero-order chi connectivity index (χ0) is 15.6. The molecule has 2 rings (SSSR count). The molecule has 0 bridgehead atoms. The van der Waals surface area contributed by atoms with E-state index >= 15 is 0 Å². The lowest BCUT2D eigenvalue weighted by Gasteiger charge is -2.24. The van der Waals surface area contributed by atoms with Crippen LogP contribution in [-0.4, -0.2) is 30.0 Å². The van der Waals surface area contributed by atoms with E-state index in [1.54, 1.807) is 23.1 Å². The molecule has 21 heavy (non-hydrogen) atoms. The van der Waals surface area contributed by atoms with Crippen molar-refractivity contribution in [2.75, 3.05) is 6.54 Å². The minimum atomic E-state index is -2.89. The van der Waals surface area contributed by atoms with Crippen LogP contribution in [0.4, 0.5) is 8.78 Å². The molecule has 116 valence electrons. The average molecular weight is 298 g/mol. The van der Waals surface area contributed by atoms with Crippen LogP contribution in [0.5, 0.6) is 5.75 Å². The number of amides is 1. The standard InChI is InChI=1S/C15H20F2N2O2/c1-4-19-13(18-12(9(2)3)14(19)20)10-7-5-6-8-11(10)21-15(16)17/h5-9,12-13,15,18H,4H2,1-3H3. The lowest BCUT2D eigenvalue weighted by atomic mass is 10.1. The molecule has 1 fully saturated rings. The smallest absolute Gasteiger partial charge is 0.387 e. The number of nitrogens with zero attached hydrogens (tertiary/aromatic N) is 1. The van der Waals surface area contributed by atoms with Crippen LogP contribution in [0.3, 0.4) is 0 Å². The van der Waals surface area contributed by atoms with Crippen LogP contribution < -0.4 is 10.1 Å². The number of para-hydroxylation sites is 1. The number of hydrogen-bond acceptors (Lipinski definition) is 3. The van der Waals surface area contributed by atoms with E-state index in [0.717, 1.165) is 0 Å². The summed E-state index contributed by atoms with van der Waals surface area (Å²) in [5.41, 5.74) is 0.552. The van der Waals surface area contributed by atoms with Crippen molar-refractivity contribution in [3.8, 4) is 5.75 Å². The second-order valence-electron chi connectivity index (χ2n) is 5.33. The minimum absolute atomic E-state index is 0.00986. The zero-order valence-corrected chi connectivity index (χ0v) is 12.3. The van der Waals surface area contributed by atoms with Crippen LogP contribution in [-0.2, 0) is 4.79 Å². The molecule has 1 aliphatic heterocycles. The Kier molecular flexibility index (Phi) is 4.77. The SMILES string of the molecule is CCN1C(=O)C(C(C)C)NC1c1ccccc1OC(F)F. The number of benzene rings is 1. The number of hydrogen-bond donors (Lipinski definition) is 1. The fourth-order valence-electron chi connectivity index (χ4n) is 2.62. The van der Waals surface area contributed by atoms with Gasteiger partial charge in [0, 0.05) is 12.1 Å². The predicted octanol–water partition coefficient (Wildman–Crippen LogP) is 2.76. The Morgan fingerprint density at radius 3 is 2.57 bits per heavy atom. The molecule has 4 nitrogen and oxygen atoms in total. The molecule has 1 aromatic rings. The molecule has 1 N–H and O–H groups in total. The maximum Gasteiger partial charge on any atom is 0.387 e. The molecule has 0 spiro atoms. The second kappa shape index (κ2) is 6.39. The Bertz CT molecular complexity index is 508. The normalized spacial score (nSPS) is 22.4. The molecule has 6 heteroatoms. The summed E-state index contributed by atoms with van der Waals surface area (Å²) in [6, 6.07) is 6.26. The third kappa shape index (κ3) is 3.15. The van der Waals surface area contributed by atoms with Crippen molar-refractivity contribution in [1.82, 2.24) is 10.2 Å². The van der Waals surface area contributed by atoms with Gasteiger partial charge in [0.25, 0.3) is 0 Å². The molecule has 0 aliphatic carbocycles. The molecular formula is C15H20F2N2O2. The maximum absolute atomic E-state index is 12.5. The van der Waals surface area contributed by atoms with E-state index in [1.807, 2.05) is 20.8 Å². The van der Waals surface area contributed by atoms with Gasteiger partial charge in [0.1, 0.15) is 11.9 Å². The highest BCUT2D eigenvalue weighted by molar-refractivity contribution is 5.85. The summed E-state index contributed by atoms with van der Waals surface area (Å²) in [6.45, 7) is 3.38. The number of carbonyl (C=O) groups is 1. The van der Waals surface area contributed by atoms with Crippen LogP contribution in [0, 0.1) is 5.92 Å². The van der Waals surface area contributed by atoms with Gasteiger partial charge in [-0.25, -0.2) is 0 Å². The first-order valence-corrected chi connectivity index (χ1v) is 7.06. The Morgan fingerprint density at radius 1 is 1.33 bits per heavy atom. The largest absolute Gasteiger partial charge is 0.434 e. The van der Waals surface area contributed by atoms with Crippen molar-refractivity contribution in [2.24, 2.45) is 5.92 Å². The summed E-state index contributed by atoms with van der Waals surface area (Å²) in [5, 5.41) is 3.22. The van der Waals surface area contributed by atoms with Crippen molar-refractivity contribution in [3.63, 3.8) is 0 Å². The number of alkyl halides is 2. The fraction of sp³-hybridized carbons (Fsp3) is 0.533.